The molecule has 0 bridgehead atoms. The smallest absolute Gasteiger partial charge is 0.226 e. The first-order valence-electron chi connectivity index (χ1n) is 26.0. The number of hydrogen-bond acceptors (Lipinski definition) is 11. The average Bonchev–Trinajstić information content (AvgIpc) is 3.23. The van der Waals surface area contributed by atoms with Gasteiger partial charge in [-0.2, -0.15) is 0 Å². The molecule has 0 aliphatic rings. The predicted octanol–water partition coefficient (Wildman–Crippen LogP) is 9.02. The second-order valence-corrected chi connectivity index (χ2v) is 21.9. The van der Waals surface area contributed by atoms with Crippen molar-refractivity contribution in [3.63, 3.8) is 0 Å². The Labute approximate surface area is 411 Å². The molecule has 0 heterocycles. The fraction of sp³-hybridized carbons (Fsp3) is 0.852. The minimum Gasteiger partial charge on any atom is -0.385 e. The van der Waals surface area contributed by atoms with Gasteiger partial charge in [0.2, 0.25) is 17.7 Å². The Bertz CT molecular complexity index is 1570. The molecule has 394 valence electrons. The molecule has 0 rings (SSSR count). The Hall–Kier alpha value is -3.36. The van der Waals surface area contributed by atoms with Gasteiger partial charge in [0.05, 0.1) is 41.9 Å². The number of ether oxygens (including phenoxy) is 2. The summed E-state index contributed by atoms with van der Waals surface area (Å²) < 4.78 is 12.1. The third-order valence-electron chi connectivity index (χ3n) is 12.3. The van der Waals surface area contributed by atoms with Crippen LogP contribution in [0.1, 0.15) is 219 Å². The van der Waals surface area contributed by atoms with Crippen molar-refractivity contribution in [3.8, 4) is 0 Å². The summed E-state index contributed by atoms with van der Waals surface area (Å²) in [6.45, 7) is 25.1. The second kappa shape index (κ2) is 33.3. The van der Waals surface area contributed by atoms with Crippen molar-refractivity contribution in [3.05, 3.63) is 0 Å². The van der Waals surface area contributed by atoms with Crippen LogP contribution in [0.15, 0.2) is 0 Å². The lowest BCUT2D eigenvalue weighted by molar-refractivity contribution is -0.150. The quantitative estimate of drug-likeness (QED) is 0.0499. The summed E-state index contributed by atoms with van der Waals surface area (Å²) in [6, 6.07) is -2.98. The number of aliphatic hydroxyl groups excluding tert-OH is 1. The summed E-state index contributed by atoms with van der Waals surface area (Å²) in [4.78, 5) is 108. The van der Waals surface area contributed by atoms with Crippen LogP contribution in [0.4, 0.5) is 0 Å². The lowest BCUT2D eigenvalue weighted by Gasteiger charge is -2.36. The van der Waals surface area contributed by atoms with Crippen molar-refractivity contribution in [1.82, 2.24) is 15.5 Å². The number of unbranched alkanes of at least 4 members (excludes halogenated alkanes) is 10. The van der Waals surface area contributed by atoms with Gasteiger partial charge in [-0.05, 0) is 80.1 Å². The number of rotatable bonds is 38. The Kier molecular flexibility index (Phi) is 31.6. The standard InChI is InChI=1S/C54H97N3O11/c1-16-18-19-20-21-22-23-24-25-26-27-28-42(58)34-41(35-67-53(9,10)11)52(66)55-39(7)45(60)29-30-48(63)57(15)49(40(8)68-54(12,13)14)47(62)33-38(6)51(65)56-43(31-36(3)4)46(61)32-37(5)50(64)44(59)17-2/h36-41,43,49-50,64H,16-35H2,1-15H3,(H,55,66)(H,56,65)/t37?,38-,39-,40?,41-,43+,49+,50?/m1/s1. The molecule has 3 unspecified atom stereocenters. The summed E-state index contributed by atoms with van der Waals surface area (Å²) in [5.74, 6) is -5.39. The monoisotopic (exact) mass is 964 g/mol. The first-order valence-corrected chi connectivity index (χ1v) is 26.0. The Morgan fingerprint density at radius 3 is 1.65 bits per heavy atom. The molecule has 0 aliphatic carbocycles. The first kappa shape index (κ1) is 64.6. The van der Waals surface area contributed by atoms with Gasteiger partial charge in [-0.15, -0.1) is 0 Å². The molecule has 0 radical (unpaired) electrons. The highest BCUT2D eigenvalue weighted by molar-refractivity contribution is 5.96. The molecule has 0 aliphatic heterocycles. The highest BCUT2D eigenvalue weighted by Crippen LogP contribution is 2.23. The number of carbonyl (C=O) groups excluding carboxylic acids is 8. The van der Waals surface area contributed by atoms with E-state index in [-0.39, 0.29) is 68.4 Å². The maximum absolute atomic E-state index is 14.1. The Morgan fingerprint density at radius 1 is 0.603 bits per heavy atom. The van der Waals surface area contributed by atoms with E-state index in [4.69, 9.17) is 9.47 Å². The second-order valence-electron chi connectivity index (χ2n) is 21.9. The van der Waals surface area contributed by atoms with E-state index in [0.29, 0.717) is 12.8 Å². The number of amides is 3. The minimum atomic E-state index is -1.29. The van der Waals surface area contributed by atoms with E-state index in [0.717, 1.165) is 25.7 Å². The van der Waals surface area contributed by atoms with Crippen LogP contribution in [0.3, 0.4) is 0 Å². The third-order valence-corrected chi connectivity index (χ3v) is 12.3. The van der Waals surface area contributed by atoms with Crippen molar-refractivity contribution in [1.29, 1.82) is 0 Å². The van der Waals surface area contributed by atoms with E-state index < -0.39 is 88.6 Å². The molecule has 68 heavy (non-hydrogen) atoms. The lowest BCUT2D eigenvalue weighted by atomic mass is 9.89. The topological polar surface area (TPSA) is 203 Å². The predicted molar refractivity (Wildman–Crippen MR) is 269 cm³/mol. The zero-order valence-corrected chi connectivity index (χ0v) is 45.3. The van der Waals surface area contributed by atoms with Gasteiger partial charge in [-0.3, -0.25) is 38.4 Å². The maximum Gasteiger partial charge on any atom is 0.226 e. The van der Waals surface area contributed by atoms with Crippen LogP contribution in [-0.4, -0.2) is 112 Å². The summed E-state index contributed by atoms with van der Waals surface area (Å²) in [5.41, 5.74) is -1.25. The van der Waals surface area contributed by atoms with Gasteiger partial charge < -0.3 is 30.1 Å². The van der Waals surface area contributed by atoms with E-state index in [2.05, 4.69) is 17.6 Å². The number of nitrogens with one attached hydrogen (secondary N) is 2. The van der Waals surface area contributed by atoms with Gasteiger partial charge in [0.15, 0.2) is 23.1 Å². The molecule has 0 spiro atoms. The summed E-state index contributed by atoms with van der Waals surface area (Å²) in [5, 5.41) is 15.9. The van der Waals surface area contributed by atoms with Gasteiger partial charge in [-0.1, -0.05) is 106 Å². The van der Waals surface area contributed by atoms with Crippen LogP contribution in [0, 0.1) is 23.7 Å². The number of nitrogens with zero attached hydrogens (tertiary/aromatic N) is 1. The van der Waals surface area contributed by atoms with E-state index in [1.807, 2.05) is 55.4 Å². The summed E-state index contributed by atoms with van der Waals surface area (Å²) >= 11 is 0. The largest absolute Gasteiger partial charge is 0.385 e. The molecule has 14 heteroatoms. The molecule has 3 N–H and O–H groups in total. The molecule has 0 saturated carbocycles. The molecule has 0 saturated heterocycles. The van der Waals surface area contributed by atoms with Crippen LogP contribution in [-0.2, 0) is 47.8 Å². The molecule has 8 atom stereocenters. The zero-order chi connectivity index (χ0) is 52.4. The lowest BCUT2D eigenvalue weighted by Crippen LogP contribution is -2.52. The van der Waals surface area contributed by atoms with Crippen LogP contribution in [0.2, 0.25) is 0 Å². The van der Waals surface area contributed by atoms with Crippen molar-refractivity contribution in [2.45, 2.75) is 260 Å². The average molecular weight is 964 g/mol. The SMILES string of the molecule is CCCCCCCCCCCCCC(=O)C[C@H](COC(C)(C)C)C(=O)N[C@H](C)C(=O)CCC(=O)N(C)[C@H](C(=O)C[C@@H](C)C(=O)N[C@@H](CC(C)C)C(=O)CC(C)C(O)C(=O)CC)C(C)OC(C)(C)C. The van der Waals surface area contributed by atoms with Gasteiger partial charge >= 0.3 is 0 Å². The van der Waals surface area contributed by atoms with E-state index in [1.54, 1.807) is 27.7 Å². The summed E-state index contributed by atoms with van der Waals surface area (Å²) in [6.07, 6.45) is 10.7. The van der Waals surface area contributed by atoms with Crippen LogP contribution < -0.4 is 10.6 Å². The molecule has 14 nitrogen and oxygen atoms in total. The third kappa shape index (κ3) is 28.3. The molecule has 0 aromatic carbocycles. The molecule has 0 aromatic rings. The molecular formula is C54H97N3O11. The van der Waals surface area contributed by atoms with Crippen molar-refractivity contribution in [2.24, 2.45) is 23.7 Å². The minimum absolute atomic E-state index is 0.00237. The summed E-state index contributed by atoms with van der Waals surface area (Å²) in [7, 11) is 1.46. The number of ketones is 5. The van der Waals surface area contributed by atoms with Crippen molar-refractivity contribution >= 4 is 46.6 Å². The van der Waals surface area contributed by atoms with Crippen molar-refractivity contribution < 1.29 is 52.9 Å². The van der Waals surface area contributed by atoms with E-state index >= 15 is 0 Å². The molecule has 0 aromatic heterocycles. The van der Waals surface area contributed by atoms with Gasteiger partial charge in [0.25, 0.3) is 0 Å². The van der Waals surface area contributed by atoms with Crippen LogP contribution in [0.5, 0.6) is 0 Å². The van der Waals surface area contributed by atoms with E-state index in [9.17, 15) is 43.5 Å². The Morgan fingerprint density at radius 2 is 1.15 bits per heavy atom. The number of Topliss-reactive ketones (excluding diaryl/α,β-unsaturated/α-hetero) is 5. The molecule has 0 fully saturated rings. The van der Waals surface area contributed by atoms with E-state index in [1.165, 1.54) is 63.8 Å². The highest BCUT2D eigenvalue weighted by atomic mass is 16.5. The Balaban J connectivity index is 5.70. The highest BCUT2D eigenvalue weighted by Gasteiger charge is 2.37. The van der Waals surface area contributed by atoms with Gasteiger partial charge in [-0.25, -0.2) is 0 Å². The maximum atomic E-state index is 14.1. The normalized spacial score (nSPS) is 15.6. The molecular weight excluding hydrogens is 867 g/mol. The van der Waals surface area contributed by atoms with Crippen molar-refractivity contribution in [2.75, 3.05) is 13.7 Å². The fourth-order valence-corrected chi connectivity index (χ4v) is 8.21. The zero-order valence-electron chi connectivity index (χ0n) is 45.3. The van der Waals surface area contributed by atoms with Crippen LogP contribution >= 0.6 is 0 Å². The first-order chi connectivity index (χ1) is 31.5. The number of carbonyl (C=O) groups is 8. The van der Waals surface area contributed by atoms with Gasteiger partial charge in [0.1, 0.15) is 17.9 Å². The number of hydrogen-bond donors (Lipinski definition) is 3. The number of aliphatic hydroxyl groups is 1. The molecule has 3 amide bonds. The fourth-order valence-electron chi connectivity index (χ4n) is 8.21. The van der Waals surface area contributed by atoms with Crippen LogP contribution in [0.25, 0.3) is 0 Å². The number of likely N-dealkylation sites (N-methyl/N-ethyl adjacent to an activating group) is 1. The van der Waals surface area contributed by atoms with Gasteiger partial charge in [0, 0.05) is 57.9 Å².